The number of hydrogen-bond acceptors (Lipinski definition) is 4. The summed E-state index contributed by atoms with van der Waals surface area (Å²) in [5, 5.41) is 11.5. The second-order valence-electron chi connectivity index (χ2n) is 7.93. The Morgan fingerprint density at radius 2 is 2.00 bits per heavy atom. The molecule has 1 aromatic carbocycles. The monoisotopic (exact) mass is 375 g/mol. The van der Waals surface area contributed by atoms with Gasteiger partial charge in [-0.05, 0) is 18.1 Å². The van der Waals surface area contributed by atoms with Crippen LogP contribution in [0.2, 0.25) is 0 Å². The molecule has 2 aliphatic heterocycles. The zero-order valence-electron chi connectivity index (χ0n) is 15.4. The Kier molecular flexibility index (Phi) is 3.68. The van der Waals surface area contributed by atoms with Gasteiger partial charge in [-0.3, -0.25) is 4.79 Å². The molecule has 2 heterocycles. The van der Waals surface area contributed by atoms with Crippen LogP contribution < -0.4 is 5.32 Å². The average Bonchev–Trinajstić information content (AvgIpc) is 3.15. The quantitative estimate of drug-likeness (QED) is 0.800. The predicted molar refractivity (Wildman–Crippen MR) is 93.7 cm³/mol. The summed E-state index contributed by atoms with van der Waals surface area (Å²) in [7, 11) is 0. The Morgan fingerprint density at radius 1 is 1.26 bits per heavy atom. The molecule has 0 saturated heterocycles. The van der Waals surface area contributed by atoms with Gasteiger partial charge in [-0.15, -0.1) is 5.11 Å². The topological polar surface area (TPSA) is 53.8 Å². The summed E-state index contributed by atoms with van der Waals surface area (Å²) in [6.07, 6.45) is -3.48. The highest BCUT2D eigenvalue weighted by atomic mass is 19.4. The zero-order valence-corrected chi connectivity index (χ0v) is 15.4. The highest BCUT2D eigenvalue weighted by molar-refractivity contribution is 6.06. The maximum absolute atomic E-state index is 13.4. The van der Waals surface area contributed by atoms with Gasteiger partial charge in [-0.2, -0.15) is 18.3 Å². The number of benzene rings is 1. The molecule has 1 atom stereocenters. The summed E-state index contributed by atoms with van der Waals surface area (Å²) < 4.78 is 40.1. The molecule has 4 rings (SSSR count). The van der Waals surface area contributed by atoms with Gasteiger partial charge in [0.2, 0.25) is 0 Å². The van der Waals surface area contributed by atoms with Crippen LogP contribution in [0.4, 0.5) is 13.2 Å². The van der Waals surface area contributed by atoms with Crippen LogP contribution in [-0.2, 0) is 16.4 Å². The Balaban J connectivity index is 1.98. The fraction of sp³-hybridized carbons (Fsp3) is 0.450. The number of carbonyl (C=O) groups is 1. The van der Waals surface area contributed by atoms with E-state index in [1.165, 1.54) is 12.1 Å². The molecule has 0 saturated carbocycles. The lowest BCUT2D eigenvalue weighted by Crippen LogP contribution is -2.41. The summed E-state index contributed by atoms with van der Waals surface area (Å²) in [5.74, 6) is 0.543. The van der Waals surface area contributed by atoms with Crippen molar-refractivity contribution in [2.45, 2.75) is 45.2 Å². The van der Waals surface area contributed by atoms with Crippen molar-refractivity contribution in [1.29, 1.82) is 0 Å². The Labute approximate surface area is 155 Å². The molecule has 0 bridgehead atoms. The van der Waals surface area contributed by atoms with E-state index in [2.05, 4.69) is 15.5 Å². The van der Waals surface area contributed by atoms with Crippen LogP contribution in [0.1, 0.15) is 44.7 Å². The number of hydrogen-bond donors (Lipinski definition) is 1. The molecule has 3 aliphatic rings. The summed E-state index contributed by atoms with van der Waals surface area (Å²) >= 11 is 0. The van der Waals surface area contributed by atoms with Crippen LogP contribution in [-0.4, -0.2) is 12.3 Å². The van der Waals surface area contributed by atoms with Gasteiger partial charge < -0.3 is 5.32 Å². The third kappa shape index (κ3) is 2.40. The molecule has 1 aromatic rings. The van der Waals surface area contributed by atoms with E-state index < -0.39 is 22.6 Å². The van der Waals surface area contributed by atoms with E-state index in [1.807, 2.05) is 20.8 Å². The van der Waals surface area contributed by atoms with Gasteiger partial charge in [0, 0.05) is 28.7 Å². The first-order chi connectivity index (χ1) is 12.6. The van der Waals surface area contributed by atoms with Gasteiger partial charge in [0.25, 0.3) is 0 Å². The number of ketones is 1. The van der Waals surface area contributed by atoms with E-state index in [0.717, 1.165) is 17.3 Å². The highest BCUT2D eigenvalue weighted by Gasteiger charge is 2.55. The first-order valence-electron chi connectivity index (χ1n) is 8.95. The molecule has 0 fully saturated rings. The Hall–Kier alpha value is -2.44. The maximum Gasteiger partial charge on any atom is 0.416 e. The minimum absolute atomic E-state index is 0.0253. The molecule has 0 aromatic heterocycles. The summed E-state index contributed by atoms with van der Waals surface area (Å²) in [5.41, 5.74) is 0.313. The third-order valence-electron chi connectivity index (χ3n) is 5.87. The molecule has 142 valence electrons. The number of nitrogens with one attached hydrogen (secondary N) is 1. The molecule has 0 amide bonds. The van der Waals surface area contributed by atoms with E-state index >= 15 is 0 Å². The number of allylic oxidation sites excluding steroid dienone is 2. The first-order valence-corrected chi connectivity index (χ1v) is 8.95. The van der Waals surface area contributed by atoms with Crippen LogP contribution in [0.25, 0.3) is 0 Å². The third-order valence-corrected chi connectivity index (χ3v) is 5.87. The zero-order chi connectivity index (χ0) is 19.6. The number of carbonyl (C=O) groups excluding carboxylic acids is 1. The number of Topliss-reactive ketones (excluding diaryl/α,β-unsaturated/α-hetero) is 1. The summed E-state index contributed by atoms with van der Waals surface area (Å²) in [6, 6.07) is 5.31. The number of rotatable bonds is 2. The van der Waals surface area contributed by atoms with E-state index in [1.54, 1.807) is 6.07 Å². The standard InChI is InChI=1S/C20H20F3N3O/c1-4-19(11-6-5-7-12(8-11)20(21,22)23)13-10-24-26-17(13)25-14-9-18(2,3)16(27)15(14)19/h5-8,25H,4,9-10H2,1-3H3/t19-/m0/s1. The van der Waals surface area contributed by atoms with Crippen LogP contribution in [0, 0.1) is 5.41 Å². The van der Waals surface area contributed by atoms with Crippen LogP contribution >= 0.6 is 0 Å². The van der Waals surface area contributed by atoms with E-state index in [-0.39, 0.29) is 12.3 Å². The normalized spacial score (nSPS) is 26.4. The number of alkyl halides is 3. The Bertz CT molecular complexity index is 940. The summed E-state index contributed by atoms with van der Waals surface area (Å²) in [4.78, 5) is 13.3. The average molecular weight is 375 g/mol. The molecule has 4 nitrogen and oxygen atoms in total. The van der Waals surface area contributed by atoms with Crippen molar-refractivity contribution >= 4 is 5.78 Å². The van der Waals surface area contributed by atoms with Gasteiger partial charge in [0.05, 0.1) is 17.5 Å². The number of dihydropyridines is 1. The van der Waals surface area contributed by atoms with Crippen molar-refractivity contribution in [1.82, 2.24) is 5.32 Å². The number of halogens is 3. The minimum atomic E-state index is -4.45. The van der Waals surface area contributed by atoms with Crippen molar-refractivity contribution in [3.8, 4) is 0 Å². The van der Waals surface area contributed by atoms with Gasteiger partial charge >= 0.3 is 6.18 Å². The first kappa shape index (κ1) is 17.9. The van der Waals surface area contributed by atoms with Crippen LogP contribution in [0.3, 0.4) is 0 Å². The molecule has 7 heteroatoms. The lowest BCUT2D eigenvalue weighted by Gasteiger charge is -2.40. The summed E-state index contributed by atoms with van der Waals surface area (Å²) in [6.45, 7) is 5.91. The van der Waals surface area contributed by atoms with Crippen LogP contribution in [0.15, 0.2) is 57.2 Å². The van der Waals surface area contributed by atoms with E-state index in [4.69, 9.17) is 0 Å². The smallest absolute Gasteiger partial charge is 0.342 e. The molecule has 0 radical (unpaired) electrons. The molecular formula is C20H20F3N3O. The molecule has 0 unspecified atom stereocenters. The van der Waals surface area contributed by atoms with Gasteiger partial charge in [0.15, 0.2) is 11.6 Å². The fourth-order valence-corrected chi connectivity index (χ4v) is 4.56. The second kappa shape index (κ2) is 5.53. The molecular weight excluding hydrogens is 355 g/mol. The fourth-order valence-electron chi connectivity index (χ4n) is 4.56. The molecule has 0 spiro atoms. The van der Waals surface area contributed by atoms with Gasteiger partial charge in [-0.1, -0.05) is 39.0 Å². The van der Waals surface area contributed by atoms with Crippen LogP contribution in [0.5, 0.6) is 0 Å². The van der Waals surface area contributed by atoms with Crippen molar-refractivity contribution in [3.63, 3.8) is 0 Å². The Morgan fingerprint density at radius 3 is 2.67 bits per heavy atom. The van der Waals surface area contributed by atoms with E-state index in [9.17, 15) is 18.0 Å². The molecule has 1 aliphatic carbocycles. The predicted octanol–water partition coefficient (Wildman–Crippen LogP) is 4.89. The number of azo groups is 1. The minimum Gasteiger partial charge on any atom is -0.342 e. The highest BCUT2D eigenvalue weighted by Crippen LogP contribution is 2.55. The van der Waals surface area contributed by atoms with Crippen molar-refractivity contribution < 1.29 is 18.0 Å². The van der Waals surface area contributed by atoms with Gasteiger partial charge in [0.1, 0.15) is 0 Å². The van der Waals surface area contributed by atoms with Crippen molar-refractivity contribution in [2.75, 3.05) is 6.54 Å². The second-order valence-corrected chi connectivity index (χ2v) is 7.93. The lowest BCUT2D eigenvalue weighted by molar-refractivity contribution is -0.137. The van der Waals surface area contributed by atoms with Crippen molar-refractivity contribution in [3.05, 3.63) is 58.1 Å². The molecule has 1 N–H and O–H groups in total. The maximum atomic E-state index is 13.4. The van der Waals surface area contributed by atoms with E-state index in [0.29, 0.717) is 29.8 Å². The number of nitrogens with zero attached hydrogens (tertiary/aromatic N) is 2. The SMILES string of the molecule is CC[C@]1(c2cccc(C(F)(F)F)c2)C2=C(N=NC2)NC2=C1C(=O)C(C)(C)C2. The van der Waals surface area contributed by atoms with Gasteiger partial charge in [-0.25, -0.2) is 0 Å². The molecule has 27 heavy (non-hydrogen) atoms. The largest absolute Gasteiger partial charge is 0.416 e. The lowest BCUT2D eigenvalue weighted by atomic mass is 9.63. The van der Waals surface area contributed by atoms with Crippen molar-refractivity contribution in [2.24, 2.45) is 15.6 Å².